The second-order valence-electron chi connectivity index (χ2n) is 4.99. The fraction of sp³-hybridized carbons (Fsp3) is 0.308. The van der Waals surface area contributed by atoms with E-state index in [1.54, 1.807) is 17.1 Å². The molecule has 0 fully saturated rings. The van der Waals surface area contributed by atoms with Crippen LogP contribution in [0.5, 0.6) is 0 Å². The Morgan fingerprint density at radius 1 is 1.35 bits per heavy atom. The van der Waals surface area contributed by atoms with Gasteiger partial charge in [-0.3, -0.25) is 4.79 Å². The molecule has 0 aliphatic carbocycles. The number of hydrogen-bond donors (Lipinski definition) is 0. The Hall–Kier alpha value is -1.97. The Labute approximate surface area is 100 Å². The van der Waals surface area contributed by atoms with Gasteiger partial charge in [0, 0.05) is 12.4 Å². The SMILES string of the molecule is CC(C)(C)c1ccnc(-n2cc(C=O)cn2)c1. The highest BCUT2D eigenvalue weighted by Crippen LogP contribution is 2.22. The van der Waals surface area contributed by atoms with Crippen LogP contribution >= 0.6 is 0 Å². The van der Waals surface area contributed by atoms with Gasteiger partial charge in [-0.25, -0.2) is 9.67 Å². The number of aldehydes is 1. The summed E-state index contributed by atoms with van der Waals surface area (Å²) >= 11 is 0. The third kappa shape index (κ3) is 2.41. The van der Waals surface area contributed by atoms with Crippen LogP contribution in [0.2, 0.25) is 0 Å². The van der Waals surface area contributed by atoms with E-state index >= 15 is 0 Å². The molecule has 17 heavy (non-hydrogen) atoms. The fourth-order valence-electron chi connectivity index (χ4n) is 1.53. The minimum atomic E-state index is 0.0678. The van der Waals surface area contributed by atoms with Crippen molar-refractivity contribution in [2.24, 2.45) is 0 Å². The number of nitrogens with zero attached hydrogens (tertiary/aromatic N) is 3. The Balaban J connectivity index is 2.42. The van der Waals surface area contributed by atoms with E-state index in [9.17, 15) is 4.79 Å². The molecular formula is C13H15N3O. The summed E-state index contributed by atoms with van der Waals surface area (Å²) in [7, 11) is 0. The predicted molar refractivity (Wildman–Crippen MR) is 65.4 cm³/mol. The second kappa shape index (κ2) is 4.13. The van der Waals surface area contributed by atoms with Gasteiger partial charge in [-0.2, -0.15) is 5.10 Å². The monoisotopic (exact) mass is 229 g/mol. The van der Waals surface area contributed by atoms with Crippen molar-refractivity contribution in [2.75, 3.05) is 0 Å². The van der Waals surface area contributed by atoms with Crippen LogP contribution in [0.4, 0.5) is 0 Å². The maximum atomic E-state index is 10.6. The van der Waals surface area contributed by atoms with E-state index in [0.29, 0.717) is 5.56 Å². The third-order valence-corrected chi connectivity index (χ3v) is 2.58. The molecule has 2 heterocycles. The van der Waals surface area contributed by atoms with Crippen molar-refractivity contribution in [3.63, 3.8) is 0 Å². The standard InChI is InChI=1S/C13H15N3O/c1-13(2,3)11-4-5-14-12(6-11)16-8-10(9-17)7-15-16/h4-9H,1-3H3. The van der Waals surface area contributed by atoms with Crippen molar-refractivity contribution in [3.05, 3.63) is 41.9 Å². The van der Waals surface area contributed by atoms with Crippen LogP contribution in [0.25, 0.3) is 5.82 Å². The van der Waals surface area contributed by atoms with Gasteiger partial charge in [0.2, 0.25) is 0 Å². The van der Waals surface area contributed by atoms with Crippen molar-refractivity contribution in [1.82, 2.24) is 14.8 Å². The Morgan fingerprint density at radius 2 is 2.12 bits per heavy atom. The van der Waals surface area contributed by atoms with E-state index in [1.165, 1.54) is 11.8 Å². The molecular weight excluding hydrogens is 214 g/mol. The highest BCUT2D eigenvalue weighted by Gasteiger charge is 2.14. The highest BCUT2D eigenvalue weighted by molar-refractivity contribution is 5.73. The van der Waals surface area contributed by atoms with E-state index in [0.717, 1.165) is 12.1 Å². The molecule has 2 aromatic heterocycles. The predicted octanol–water partition coefficient (Wildman–Crippen LogP) is 2.38. The molecule has 0 N–H and O–H groups in total. The summed E-state index contributed by atoms with van der Waals surface area (Å²) in [4.78, 5) is 14.9. The van der Waals surface area contributed by atoms with E-state index in [4.69, 9.17) is 0 Å². The van der Waals surface area contributed by atoms with Crippen LogP contribution in [0, 0.1) is 0 Å². The van der Waals surface area contributed by atoms with Gasteiger partial charge < -0.3 is 0 Å². The van der Waals surface area contributed by atoms with Gasteiger partial charge in [-0.05, 0) is 23.1 Å². The lowest BCUT2D eigenvalue weighted by atomic mass is 9.88. The zero-order valence-electron chi connectivity index (χ0n) is 10.2. The summed E-state index contributed by atoms with van der Waals surface area (Å²) < 4.78 is 1.61. The summed E-state index contributed by atoms with van der Waals surface area (Å²) in [5.41, 5.74) is 1.80. The molecule has 0 amide bonds. The summed E-state index contributed by atoms with van der Waals surface area (Å²) in [5, 5.41) is 4.10. The van der Waals surface area contributed by atoms with Gasteiger partial charge in [-0.1, -0.05) is 20.8 Å². The minimum Gasteiger partial charge on any atom is -0.298 e. The van der Waals surface area contributed by atoms with Gasteiger partial charge in [0.1, 0.15) is 0 Å². The van der Waals surface area contributed by atoms with Crippen molar-refractivity contribution >= 4 is 6.29 Å². The Bertz CT molecular complexity index is 538. The second-order valence-corrected chi connectivity index (χ2v) is 4.99. The maximum Gasteiger partial charge on any atom is 0.153 e. The van der Waals surface area contributed by atoms with Gasteiger partial charge in [0.05, 0.1) is 11.8 Å². The minimum absolute atomic E-state index is 0.0678. The summed E-state index contributed by atoms with van der Waals surface area (Å²) in [5.74, 6) is 0.727. The number of hydrogen-bond acceptors (Lipinski definition) is 3. The molecule has 0 saturated carbocycles. The van der Waals surface area contributed by atoms with Crippen molar-refractivity contribution < 1.29 is 4.79 Å². The molecule has 88 valence electrons. The van der Waals surface area contributed by atoms with Gasteiger partial charge in [0.15, 0.2) is 12.1 Å². The Kier molecular flexibility index (Phi) is 2.79. The third-order valence-electron chi connectivity index (χ3n) is 2.58. The molecule has 0 bridgehead atoms. The number of carbonyl (C=O) groups is 1. The Morgan fingerprint density at radius 3 is 2.71 bits per heavy atom. The van der Waals surface area contributed by atoms with Crippen LogP contribution in [-0.4, -0.2) is 21.1 Å². The van der Waals surface area contributed by atoms with Crippen LogP contribution in [-0.2, 0) is 5.41 Å². The zero-order valence-corrected chi connectivity index (χ0v) is 10.2. The van der Waals surface area contributed by atoms with Crippen molar-refractivity contribution in [1.29, 1.82) is 0 Å². The highest BCUT2D eigenvalue weighted by atomic mass is 16.1. The molecule has 0 aromatic carbocycles. The lowest BCUT2D eigenvalue weighted by Gasteiger charge is -2.19. The van der Waals surface area contributed by atoms with Gasteiger partial charge in [0.25, 0.3) is 0 Å². The summed E-state index contributed by atoms with van der Waals surface area (Å²) in [6.07, 6.45) is 5.73. The molecule has 0 spiro atoms. The molecule has 0 radical (unpaired) electrons. The van der Waals surface area contributed by atoms with Crippen molar-refractivity contribution in [2.45, 2.75) is 26.2 Å². The summed E-state index contributed by atoms with van der Waals surface area (Å²) in [6, 6.07) is 3.98. The molecule has 0 saturated heterocycles. The van der Waals surface area contributed by atoms with Gasteiger partial charge >= 0.3 is 0 Å². The average Bonchev–Trinajstić information content (AvgIpc) is 2.76. The number of aromatic nitrogens is 3. The maximum absolute atomic E-state index is 10.6. The average molecular weight is 229 g/mol. The fourth-order valence-corrected chi connectivity index (χ4v) is 1.53. The van der Waals surface area contributed by atoms with E-state index in [1.807, 2.05) is 12.1 Å². The molecule has 0 aliphatic heterocycles. The molecule has 2 aromatic rings. The summed E-state index contributed by atoms with van der Waals surface area (Å²) in [6.45, 7) is 6.43. The van der Waals surface area contributed by atoms with E-state index in [-0.39, 0.29) is 5.41 Å². The van der Waals surface area contributed by atoms with Crippen LogP contribution in [0.15, 0.2) is 30.7 Å². The lowest BCUT2D eigenvalue weighted by molar-refractivity contribution is 0.112. The first-order valence-corrected chi connectivity index (χ1v) is 5.47. The largest absolute Gasteiger partial charge is 0.298 e. The first-order valence-electron chi connectivity index (χ1n) is 5.47. The molecule has 4 nitrogen and oxygen atoms in total. The molecule has 0 aliphatic rings. The molecule has 0 unspecified atom stereocenters. The lowest BCUT2D eigenvalue weighted by Crippen LogP contribution is -2.12. The smallest absolute Gasteiger partial charge is 0.153 e. The normalized spacial score (nSPS) is 11.5. The number of pyridine rings is 1. The molecule has 4 heteroatoms. The van der Waals surface area contributed by atoms with Crippen LogP contribution < -0.4 is 0 Å². The zero-order chi connectivity index (χ0) is 12.5. The quantitative estimate of drug-likeness (QED) is 0.743. The number of carbonyl (C=O) groups excluding carboxylic acids is 1. The number of rotatable bonds is 2. The molecule has 2 rings (SSSR count). The van der Waals surface area contributed by atoms with Crippen LogP contribution in [0.1, 0.15) is 36.7 Å². The van der Waals surface area contributed by atoms with Crippen LogP contribution in [0.3, 0.4) is 0 Å². The van der Waals surface area contributed by atoms with E-state index in [2.05, 4.69) is 30.9 Å². The topological polar surface area (TPSA) is 47.8 Å². The molecule has 0 atom stereocenters. The van der Waals surface area contributed by atoms with E-state index < -0.39 is 0 Å². The van der Waals surface area contributed by atoms with Crippen molar-refractivity contribution in [3.8, 4) is 5.82 Å². The van der Waals surface area contributed by atoms with Gasteiger partial charge in [-0.15, -0.1) is 0 Å². The first-order chi connectivity index (χ1) is 8.00. The first kappa shape index (κ1) is 11.5.